The van der Waals surface area contributed by atoms with Crippen molar-refractivity contribution in [3.05, 3.63) is 35.7 Å². The second-order valence-corrected chi connectivity index (χ2v) is 9.40. The van der Waals surface area contributed by atoms with Gasteiger partial charge in [0.2, 0.25) is 0 Å². The van der Waals surface area contributed by atoms with Crippen LogP contribution in [0.5, 0.6) is 0 Å². The highest BCUT2D eigenvalue weighted by atomic mass is 16.5. The summed E-state index contributed by atoms with van der Waals surface area (Å²) < 4.78 is 2.34. The standard InChI is InChI=1S/C23H36N4O2/c1-16(2)26(17(3)4)12-13-27-20-10-8-18(9-11-22(28)25-29)14-19(20)24-21(27)15-23(5,6)7/h8-11,14,16-17,29H,12-13,15H2,1-7H3,(H,25,28). The molecule has 0 radical (unpaired) electrons. The summed E-state index contributed by atoms with van der Waals surface area (Å²) in [5.41, 5.74) is 4.66. The highest BCUT2D eigenvalue weighted by Crippen LogP contribution is 2.25. The first kappa shape index (κ1) is 23.1. The molecule has 0 aliphatic heterocycles. The van der Waals surface area contributed by atoms with Gasteiger partial charge >= 0.3 is 0 Å². The Hall–Kier alpha value is -2.18. The zero-order valence-electron chi connectivity index (χ0n) is 18.9. The molecule has 1 aromatic heterocycles. The largest absolute Gasteiger partial charge is 0.327 e. The predicted octanol–water partition coefficient (Wildman–Crippen LogP) is 4.26. The number of hydrogen-bond acceptors (Lipinski definition) is 4. The molecule has 6 nitrogen and oxygen atoms in total. The van der Waals surface area contributed by atoms with E-state index in [2.05, 4.69) is 64.0 Å². The molecule has 0 saturated carbocycles. The van der Waals surface area contributed by atoms with Crippen molar-refractivity contribution in [1.82, 2.24) is 19.9 Å². The number of benzene rings is 1. The number of nitrogens with one attached hydrogen (secondary N) is 1. The van der Waals surface area contributed by atoms with E-state index in [9.17, 15) is 4.79 Å². The van der Waals surface area contributed by atoms with Crippen LogP contribution in [0.3, 0.4) is 0 Å². The van der Waals surface area contributed by atoms with Crippen LogP contribution >= 0.6 is 0 Å². The number of hydroxylamine groups is 1. The summed E-state index contributed by atoms with van der Waals surface area (Å²) in [7, 11) is 0. The Labute approximate surface area is 174 Å². The van der Waals surface area contributed by atoms with Crippen LogP contribution in [0.2, 0.25) is 0 Å². The lowest BCUT2D eigenvalue weighted by Crippen LogP contribution is -2.39. The van der Waals surface area contributed by atoms with Crippen LogP contribution in [0.1, 0.15) is 59.9 Å². The van der Waals surface area contributed by atoms with Crippen LogP contribution in [-0.2, 0) is 17.8 Å². The SMILES string of the molecule is CC(C)N(CCn1c(CC(C)(C)C)nc2cc(C=CC(=O)NO)ccc21)C(C)C. The van der Waals surface area contributed by atoms with E-state index in [1.54, 1.807) is 11.6 Å². The molecule has 0 aliphatic rings. The minimum absolute atomic E-state index is 0.136. The van der Waals surface area contributed by atoms with Crippen LogP contribution in [-0.4, -0.2) is 44.2 Å². The molecule has 2 N–H and O–H groups in total. The van der Waals surface area contributed by atoms with Gasteiger partial charge in [0.05, 0.1) is 11.0 Å². The summed E-state index contributed by atoms with van der Waals surface area (Å²) in [6.45, 7) is 17.5. The van der Waals surface area contributed by atoms with E-state index in [1.165, 1.54) is 6.08 Å². The lowest BCUT2D eigenvalue weighted by Gasteiger charge is -2.31. The first-order chi connectivity index (χ1) is 13.5. The van der Waals surface area contributed by atoms with Gasteiger partial charge in [0, 0.05) is 37.7 Å². The Morgan fingerprint density at radius 1 is 1.24 bits per heavy atom. The van der Waals surface area contributed by atoms with Gasteiger partial charge in [-0.15, -0.1) is 0 Å². The number of hydrogen-bond donors (Lipinski definition) is 2. The summed E-state index contributed by atoms with van der Waals surface area (Å²) in [5.74, 6) is 0.542. The quantitative estimate of drug-likeness (QED) is 0.395. The van der Waals surface area contributed by atoms with Crippen LogP contribution in [0.15, 0.2) is 24.3 Å². The van der Waals surface area contributed by atoms with Crippen LogP contribution < -0.4 is 5.48 Å². The number of imidazole rings is 1. The topological polar surface area (TPSA) is 70.4 Å². The fraction of sp³-hybridized carbons (Fsp3) is 0.565. The normalized spacial score (nSPS) is 12.8. The maximum absolute atomic E-state index is 11.3. The molecule has 0 fully saturated rings. The summed E-state index contributed by atoms with van der Waals surface area (Å²) in [6, 6.07) is 7.02. The molecule has 0 spiro atoms. The maximum atomic E-state index is 11.3. The first-order valence-electron chi connectivity index (χ1n) is 10.4. The third-order valence-electron chi connectivity index (χ3n) is 4.99. The van der Waals surface area contributed by atoms with Crippen molar-refractivity contribution in [2.24, 2.45) is 5.41 Å². The molecule has 0 unspecified atom stereocenters. The summed E-state index contributed by atoms with van der Waals surface area (Å²) in [5, 5.41) is 8.64. The Morgan fingerprint density at radius 2 is 1.90 bits per heavy atom. The second-order valence-electron chi connectivity index (χ2n) is 9.40. The van der Waals surface area contributed by atoms with E-state index in [0.29, 0.717) is 12.1 Å². The highest BCUT2D eigenvalue weighted by molar-refractivity contribution is 5.91. The van der Waals surface area contributed by atoms with E-state index in [1.807, 2.05) is 12.1 Å². The summed E-state index contributed by atoms with van der Waals surface area (Å²) in [4.78, 5) is 18.7. The maximum Gasteiger partial charge on any atom is 0.267 e. The van der Waals surface area contributed by atoms with E-state index in [-0.39, 0.29) is 5.41 Å². The van der Waals surface area contributed by atoms with Crippen molar-refractivity contribution in [2.75, 3.05) is 6.54 Å². The Balaban J connectivity index is 2.40. The molecule has 29 heavy (non-hydrogen) atoms. The van der Waals surface area contributed by atoms with Crippen molar-refractivity contribution < 1.29 is 10.0 Å². The molecular weight excluding hydrogens is 364 g/mol. The van der Waals surface area contributed by atoms with Crippen molar-refractivity contribution in [1.29, 1.82) is 0 Å². The fourth-order valence-electron chi connectivity index (χ4n) is 3.70. The number of carbonyl (C=O) groups excluding carboxylic acids is 1. The number of carbonyl (C=O) groups is 1. The van der Waals surface area contributed by atoms with Gasteiger partial charge in [-0.1, -0.05) is 26.8 Å². The van der Waals surface area contributed by atoms with E-state index in [0.717, 1.165) is 41.9 Å². The molecule has 1 amide bonds. The van der Waals surface area contributed by atoms with Crippen molar-refractivity contribution in [3.8, 4) is 0 Å². The average molecular weight is 401 g/mol. The van der Waals surface area contributed by atoms with Crippen LogP contribution in [0.25, 0.3) is 17.1 Å². The fourth-order valence-corrected chi connectivity index (χ4v) is 3.70. The number of nitrogens with zero attached hydrogens (tertiary/aromatic N) is 3. The number of rotatable bonds is 8. The van der Waals surface area contributed by atoms with Crippen molar-refractivity contribution in [2.45, 2.75) is 73.5 Å². The van der Waals surface area contributed by atoms with Crippen molar-refractivity contribution >= 4 is 23.0 Å². The van der Waals surface area contributed by atoms with E-state index >= 15 is 0 Å². The predicted molar refractivity (Wildman–Crippen MR) is 119 cm³/mol. The van der Waals surface area contributed by atoms with Gasteiger partial charge in [-0.05, 0) is 56.9 Å². The summed E-state index contributed by atoms with van der Waals surface area (Å²) in [6.07, 6.45) is 3.87. The van der Waals surface area contributed by atoms with Gasteiger partial charge in [0.1, 0.15) is 5.82 Å². The molecular formula is C23H36N4O2. The Morgan fingerprint density at radius 3 is 2.45 bits per heavy atom. The Kier molecular flexibility index (Phi) is 7.60. The van der Waals surface area contributed by atoms with E-state index < -0.39 is 5.91 Å². The zero-order chi connectivity index (χ0) is 21.8. The smallest absolute Gasteiger partial charge is 0.267 e. The molecule has 160 valence electrons. The van der Waals surface area contributed by atoms with Gasteiger partial charge in [-0.3, -0.25) is 14.9 Å². The van der Waals surface area contributed by atoms with Gasteiger partial charge in [0.25, 0.3) is 5.91 Å². The van der Waals surface area contributed by atoms with Crippen LogP contribution in [0.4, 0.5) is 0 Å². The van der Waals surface area contributed by atoms with Gasteiger partial charge in [-0.2, -0.15) is 0 Å². The number of amides is 1. The number of fused-ring (bicyclic) bond motifs is 1. The minimum atomic E-state index is -0.550. The van der Waals surface area contributed by atoms with Crippen LogP contribution in [0, 0.1) is 5.41 Å². The van der Waals surface area contributed by atoms with Crippen molar-refractivity contribution in [3.63, 3.8) is 0 Å². The zero-order valence-corrected chi connectivity index (χ0v) is 18.9. The molecule has 0 saturated heterocycles. The lowest BCUT2D eigenvalue weighted by atomic mass is 9.92. The molecule has 0 bridgehead atoms. The van der Waals surface area contributed by atoms with E-state index in [4.69, 9.17) is 10.2 Å². The third kappa shape index (κ3) is 6.41. The number of aromatic nitrogens is 2. The average Bonchev–Trinajstić information content (AvgIpc) is 2.93. The van der Waals surface area contributed by atoms with Gasteiger partial charge in [-0.25, -0.2) is 10.5 Å². The van der Waals surface area contributed by atoms with Gasteiger partial charge in [0.15, 0.2) is 0 Å². The molecule has 1 heterocycles. The molecule has 2 aromatic rings. The second kappa shape index (κ2) is 9.55. The molecule has 0 atom stereocenters. The minimum Gasteiger partial charge on any atom is -0.327 e. The molecule has 2 rings (SSSR count). The lowest BCUT2D eigenvalue weighted by molar-refractivity contribution is -0.124. The third-order valence-corrected chi connectivity index (χ3v) is 4.99. The highest BCUT2D eigenvalue weighted by Gasteiger charge is 2.20. The molecule has 6 heteroatoms. The first-order valence-corrected chi connectivity index (χ1v) is 10.4. The summed E-state index contributed by atoms with van der Waals surface area (Å²) >= 11 is 0. The molecule has 0 aliphatic carbocycles. The Bertz CT molecular complexity index is 852. The monoisotopic (exact) mass is 400 g/mol. The molecule has 1 aromatic carbocycles. The van der Waals surface area contributed by atoms with Gasteiger partial charge < -0.3 is 4.57 Å².